The molecule has 1 aromatic carbocycles. The summed E-state index contributed by atoms with van der Waals surface area (Å²) in [6.07, 6.45) is 5.02. The van der Waals surface area contributed by atoms with Gasteiger partial charge in [-0.15, -0.1) is 0 Å². The topological polar surface area (TPSA) is 92.7 Å². The molecular weight excluding hydrogens is 322 g/mol. The zero-order valence-corrected chi connectivity index (χ0v) is 14.0. The highest BCUT2D eigenvalue weighted by Crippen LogP contribution is 2.14. The first kappa shape index (κ1) is 18.7. The van der Waals surface area contributed by atoms with Gasteiger partial charge in [-0.2, -0.15) is 0 Å². The van der Waals surface area contributed by atoms with Crippen molar-refractivity contribution in [2.45, 2.75) is 38.1 Å². The van der Waals surface area contributed by atoms with Crippen LogP contribution in [0, 0.1) is 5.92 Å². The van der Waals surface area contributed by atoms with Crippen LogP contribution in [0.3, 0.4) is 0 Å². The van der Waals surface area contributed by atoms with Gasteiger partial charge in [0.05, 0.1) is 18.4 Å². The molecule has 2 rings (SSSR count). The van der Waals surface area contributed by atoms with Crippen molar-refractivity contribution in [3.63, 3.8) is 0 Å². The van der Waals surface area contributed by atoms with Gasteiger partial charge < -0.3 is 15.2 Å². The van der Waals surface area contributed by atoms with Crippen LogP contribution in [0.2, 0.25) is 0 Å². The van der Waals surface area contributed by atoms with Crippen LogP contribution in [0.15, 0.2) is 42.5 Å². The average Bonchev–Trinajstić information content (AvgIpc) is 2.57. The predicted octanol–water partition coefficient (Wildman–Crippen LogP) is 2.09. The van der Waals surface area contributed by atoms with Gasteiger partial charge >= 0.3 is 11.9 Å². The zero-order valence-electron chi connectivity index (χ0n) is 14.0. The maximum Gasteiger partial charge on any atom is 0.309 e. The number of carboxylic acid groups (broad SMARTS) is 1. The maximum atomic E-state index is 12.2. The molecule has 2 atom stereocenters. The third kappa shape index (κ3) is 6.79. The van der Waals surface area contributed by atoms with E-state index in [1.54, 1.807) is 12.2 Å². The van der Waals surface area contributed by atoms with E-state index in [0.29, 0.717) is 25.7 Å². The van der Waals surface area contributed by atoms with E-state index in [9.17, 15) is 14.4 Å². The Bertz CT molecular complexity index is 626. The Kier molecular flexibility index (Phi) is 7.19. The highest BCUT2D eigenvalue weighted by Gasteiger charge is 2.24. The first-order chi connectivity index (χ1) is 12.0. The Hall–Kier alpha value is -2.63. The number of aliphatic carboxylic acids is 1. The van der Waals surface area contributed by atoms with Crippen molar-refractivity contribution in [1.82, 2.24) is 5.32 Å². The summed E-state index contributed by atoms with van der Waals surface area (Å²) in [5.74, 6) is -2.37. The Labute approximate surface area is 146 Å². The molecule has 0 radical (unpaired) electrons. The normalized spacial score (nSPS) is 23.5. The molecule has 0 spiro atoms. The minimum atomic E-state index is -1.03. The first-order valence-corrected chi connectivity index (χ1v) is 8.41. The van der Waals surface area contributed by atoms with Crippen molar-refractivity contribution in [1.29, 1.82) is 0 Å². The molecule has 2 N–H and O–H groups in total. The quantitative estimate of drug-likeness (QED) is 0.644. The van der Waals surface area contributed by atoms with Gasteiger partial charge in [-0.05, 0) is 24.8 Å². The molecule has 1 aromatic rings. The fraction of sp³-hybridized carbons (Fsp3) is 0.421. The fourth-order valence-electron chi connectivity index (χ4n) is 2.72. The third-order valence-electron chi connectivity index (χ3n) is 4.00. The second kappa shape index (κ2) is 9.61. The van der Waals surface area contributed by atoms with Gasteiger partial charge in [0.2, 0.25) is 5.91 Å². The van der Waals surface area contributed by atoms with Crippen molar-refractivity contribution < 1.29 is 24.2 Å². The maximum absolute atomic E-state index is 12.2. The van der Waals surface area contributed by atoms with Crippen LogP contribution < -0.4 is 5.32 Å². The summed E-state index contributed by atoms with van der Waals surface area (Å²) in [6.45, 7) is 0.0271. The molecule has 6 heteroatoms. The summed E-state index contributed by atoms with van der Waals surface area (Å²) in [7, 11) is 0. The summed E-state index contributed by atoms with van der Waals surface area (Å²) >= 11 is 0. The van der Waals surface area contributed by atoms with Gasteiger partial charge in [-0.3, -0.25) is 14.4 Å². The van der Waals surface area contributed by atoms with Crippen LogP contribution in [0.1, 0.15) is 31.2 Å². The average molecular weight is 345 g/mol. The van der Waals surface area contributed by atoms with Gasteiger partial charge in [0.15, 0.2) is 0 Å². The van der Waals surface area contributed by atoms with Crippen LogP contribution in [-0.2, 0) is 25.5 Å². The smallest absolute Gasteiger partial charge is 0.309 e. The second-order valence-electron chi connectivity index (χ2n) is 6.12. The van der Waals surface area contributed by atoms with Crippen molar-refractivity contribution in [2.24, 2.45) is 5.92 Å². The number of carboxylic acids is 1. The Balaban J connectivity index is 2.08. The highest BCUT2D eigenvalue weighted by atomic mass is 16.5. The molecular formula is C19H23NO5. The lowest BCUT2D eigenvalue weighted by Crippen LogP contribution is -2.41. The number of allylic oxidation sites excluding steroid dienone is 2. The highest BCUT2D eigenvalue weighted by molar-refractivity contribution is 5.79. The van der Waals surface area contributed by atoms with E-state index >= 15 is 0 Å². The van der Waals surface area contributed by atoms with Gasteiger partial charge in [-0.1, -0.05) is 42.5 Å². The van der Waals surface area contributed by atoms with E-state index in [2.05, 4.69) is 5.32 Å². The predicted molar refractivity (Wildman–Crippen MR) is 91.8 cm³/mol. The van der Waals surface area contributed by atoms with Gasteiger partial charge in [0.1, 0.15) is 6.61 Å². The lowest BCUT2D eigenvalue weighted by atomic mass is 10.0. The number of hydrogen-bond acceptors (Lipinski definition) is 4. The Morgan fingerprint density at radius 1 is 1.20 bits per heavy atom. The number of benzene rings is 1. The number of cyclic esters (lactones) is 1. The van der Waals surface area contributed by atoms with E-state index in [1.807, 2.05) is 30.3 Å². The number of carbonyl (C=O) groups excluding carboxylic acids is 2. The van der Waals surface area contributed by atoms with Crippen LogP contribution in [0.5, 0.6) is 0 Å². The number of esters is 1. The minimum Gasteiger partial charge on any atom is -0.481 e. The Morgan fingerprint density at radius 2 is 1.96 bits per heavy atom. The van der Waals surface area contributed by atoms with E-state index in [-0.39, 0.29) is 25.0 Å². The van der Waals surface area contributed by atoms with E-state index in [1.165, 1.54) is 0 Å². The summed E-state index contributed by atoms with van der Waals surface area (Å²) in [5.41, 5.74) is 1.03. The molecule has 0 saturated carbocycles. The molecule has 0 bridgehead atoms. The second-order valence-corrected chi connectivity index (χ2v) is 6.12. The standard InChI is InChI=1S/C19H23NO5/c21-17-10-6-2-5-9-15(12-18(22)23)19(24)25-13-16(20-17)11-14-7-3-1-4-8-14/h1-5,7-8,15-16H,6,9-13H2,(H,20,21)(H,22,23)/b5-2-/t15-,16+/m0/s1. The summed E-state index contributed by atoms with van der Waals surface area (Å²) < 4.78 is 5.31. The summed E-state index contributed by atoms with van der Waals surface area (Å²) in [5, 5.41) is 11.9. The molecule has 25 heavy (non-hydrogen) atoms. The van der Waals surface area contributed by atoms with E-state index in [4.69, 9.17) is 9.84 Å². The van der Waals surface area contributed by atoms with Crippen LogP contribution in [0.4, 0.5) is 0 Å². The molecule has 0 fully saturated rings. The molecule has 6 nitrogen and oxygen atoms in total. The van der Waals surface area contributed by atoms with E-state index in [0.717, 1.165) is 5.56 Å². The SMILES string of the molecule is O=C(O)C[C@@H]1C/C=C\CCC(=O)N[C@H](Cc2ccccc2)COC1=O. The number of nitrogens with one attached hydrogen (secondary N) is 1. The summed E-state index contributed by atoms with van der Waals surface area (Å²) in [6, 6.07) is 9.28. The molecule has 1 aliphatic heterocycles. The lowest BCUT2D eigenvalue weighted by Gasteiger charge is -2.21. The van der Waals surface area contributed by atoms with Gasteiger partial charge in [0.25, 0.3) is 0 Å². The van der Waals surface area contributed by atoms with E-state index < -0.39 is 17.9 Å². The van der Waals surface area contributed by atoms with Crippen molar-refractivity contribution in [3.8, 4) is 0 Å². The molecule has 1 heterocycles. The van der Waals surface area contributed by atoms with Crippen molar-refractivity contribution in [2.75, 3.05) is 6.61 Å². The third-order valence-corrected chi connectivity index (χ3v) is 4.00. The first-order valence-electron chi connectivity index (χ1n) is 8.41. The molecule has 0 aromatic heterocycles. The Morgan fingerprint density at radius 3 is 2.68 bits per heavy atom. The molecule has 0 unspecified atom stereocenters. The number of carbonyl (C=O) groups is 3. The number of rotatable bonds is 4. The molecule has 134 valence electrons. The van der Waals surface area contributed by atoms with Gasteiger partial charge in [0, 0.05) is 6.42 Å². The molecule has 1 amide bonds. The lowest BCUT2D eigenvalue weighted by molar-refractivity contribution is -0.153. The summed E-state index contributed by atoms with van der Waals surface area (Å²) in [4.78, 5) is 35.2. The van der Waals surface area contributed by atoms with Crippen LogP contribution in [0.25, 0.3) is 0 Å². The largest absolute Gasteiger partial charge is 0.481 e. The van der Waals surface area contributed by atoms with Crippen molar-refractivity contribution in [3.05, 3.63) is 48.0 Å². The fourth-order valence-corrected chi connectivity index (χ4v) is 2.72. The number of hydrogen-bond donors (Lipinski definition) is 2. The van der Waals surface area contributed by atoms with Crippen LogP contribution >= 0.6 is 0 Å². The molecule has 0 aliphatic carbocycles. The van der Waals surface area contributed by atoms with Crippen molar-refractivity contribution >= 4 is 17.8 Å². The molecule has 0 saturated heterocycles. The monoisotopic (exact) mass is 345 g/mol. The van der Waals surface area contributed by atoms with Crippen LogP contribution in [-0.4, -0.2) is 35.6 Å². The molecule has 1 aliphatic rings. The van der Waals surface area contributed by atoms with Gasteiger partial charge in [-0.25, -0.2) is 0 Å². The number of amides is 1. The minimum absolute atomic E-state index is 0.0271. The zero-order chi connectivity index (χ0) is 18.1. The number of ether oxygens (including phenoxy) is 1.